The van der Waals surface area contributed by atoms with Crippen LogP contribution >= 0.6 is 24.8 Å². The molecule has 5 nitrogen and oxygen atoms in total. The Morgan fingerprint density at radius 1 is 1.22 bits per heavy atom. The van der Waals surface area contributed by atoms with Gasteiger partial charge in [0.1, 0.15) is 5.75 Å². The summed E-state index contributed by atoms with van der Waals surface area (Å²) in [6.45, 7) is 5.20. The molecule has 0 bridgehead atoms. The molecule has 1 amide bonds. The monoisotopic (exact) mass is 361 g/mol. The van der Waals surface area contributed by atoms with Gasteiger partial charge < -0.3 is 15.0 Å². The van der Waals surface area contributed by atoms with Crippen molar-refractivity contribution < 1.29 is 9.53 Å². The smallest absolute Gasteiger partial charge is 0.241 e. The molecule has 0 radical (unpaired) electrons. The molecule has 0 aromatic heterocycles. The van der Waals surface area contributed by atoms with Gasteiger partial charge in [-0.3, -0.25) is 9.69 Å². The molecule has 1 saturated heterocycles. The van der Waals surface area contributed by atoms with Gasteiger partial charge in [-0.05, 0) is 36.6 Å². The number of fused-ring (bicyclic) bond motifs is 1. The molecule has 2 aliphatic heterocycles. The highest BCUT2D eigenvalue weighted by Gasteiger charge is 2.24. The van der Waals surface area contributed by atoms with Crippen molar-refractivity contribution in [1.82, 2.24) is 10.2 Å². The normalized spacial score (nSPS) is 17.5. The molecule has 130 valence electrons. The number of nitrogens with one attached hydrogen (secondary N) is 1. The predicted octanol–water partition coefficient (Wildman–Crippen LogP) is 1.72. The van der Waals surface area contributed by atoms with E-state index in [2.05, 4.69) is 16.3 Å². The lowest BCUT2D eigenvalue weighted by molar-refractivity contribution is -0.120. The van der Waals surface area contributed by atoms with Gasteiger partial charge in [-0.15, -0.1) is 24.8 Å². The van der Waals surface area contributed by atoms with Crippen LogP contribution in [-0.2, 0) is 11.2 Å². The van der Waals surface area contributed by atoms with Crippen molar-refractivity contribution in [3.8, 4) is 5.75 Å². The van der Waals surface area contributed by atoms with Crippen LogP contribution in [0.1, 0.15) is 12.0 Å². The Balaban J connectivity index is 0.00000132. The Morgan fingerprint density at radius 3 is 2.65 bits per heavy atom. The topological polar surface area (TPSA) is 44.8 Å². The molecule has 2 aliphatic rings. The first-order valence-electron chi connectivity index (χ1n) is 7.68. The van der Waals surface area contributed by atoms with Crippen LogP contribution in [0, 0.1) is 0 Å². The summed E-state index contributed by atoms with van der Waals surface area (Å²) in [5.74, 6) is 1.08. The largest absolute Gasteiger partial charge is 0.497 e. The molecule has 2 heterocycles. The van der Waals surface area contributed by atoms with Crippen molar-refractivity contribution in [2.45, 2.75) is 12.8 Å². The summed E-state index contributed by atoms with van der Waals surface area (Å²) in [6.07, 6.45) is 2.04. The molecular weight excluding hydrogens is 337 g/mol. The van der Waals surface area contributed by atoms with Gasteiger partial charge in [-0.25, -0.2) is 0 Å². The Kier molecular flexibility index (Phi) is 8.12. The summed E-state index contributed by atoms with van der Waals surface area (Å²) in [5, 5.41) is 3.32. The Morgan fingerprint density at radius 2 is 1.96 bits per heavy atom. The van der Waals surface area contributed by atoms with Crippen molar-refractivity contribution in [3.05, 3.63) is 23.8 Å². The second kappa shape index (κ2) is 9.33. The van der Waals surface area contributed by atoms with Crippen molar-refractivity contribution in [1.29, 1.82) is 0 Å². The molecule has 0 atom stereocenters. The molecule has 1 aromatic rings. The van der Waals surface area contributed by atoms with Gasteiger partial charge in [-0.2, -0.15) is 0 Å². The number of rotatable bonds is 3. The van der Waals surface area contributed by atoms with Gasteiger partial charge in [0.15, 0.2) is 0 Å². The fourth-order valence-corrected chi connectivity index (χ4v) is 3.11. The molecular formula is C16H25Cl2N3O2. The number of benzene rings is 1. The number of halogens is 2. The van der Waals surface area contributed by atoms with Crippen LogP contribution in [-0.4, -0.2) is 57.2 Å². The first-order chi connectivity index (χ1) is 10.3. The summed E-state index contributed by atoms with van der Waals surface area (Å²) in [5.41, 5.74) is 2.27. The van der Waals surface area contributed by atoms with Gasteiger partial charge in [0.2, 0.25) is 5.91 Å². The first kappa shape index (κ1) is 20.0. The van der Waals surface area contributed by atoms with Crippen LogP contribution in [0.15, 0.2) is 18.2 Å². The summed E-state index contributed by atoms with van der Waals surface area (Å²) >= 11 is 0. The molecule has 23 heavy (non-hydrogen) atoms. The second-order valence-corrected chi connectivity index (χ2v) is 5.67. The van der Waals surface area contributed by atoms with Crippen LogP contribution in [0.3, 0.4) is 0 Å². The van der Waals surface area contributed by atoms with Crippen molar-refractivity contribution in [2.24, 2.45) is 0 Å². The van der Waals surface area contributed by atoms with E-state index in [1.54, 1.807) is 7.11 Å². The zero-order chi connectivity index (χ0) is 14.7. The van der Waals surface area contributed by atoms with Gasteiger partial charge in [-0.1, -0.05) is 0 Å². The number of piperazine rings is 1. The average molecular weight is 362 g/mol. The lowest BCUT2D eigenvalue weighted by atomic mass is 10.0. The van der Waals surface area contributed by atoms with Crippen molar-refractivity contribution in [2.75, 3.05) is 51.3 Å². The molecule has 0 aliphatic carbocycles. The zero-order valence-electron chi connectivity index (χ0n) is 13.4. The number of aryl methyl sites for hydroxylation is 1. The minimum Gasteiger partial charge on any atom is -0.497 e. The number of ether oxygens (including phenoxy) is 1. The van der Waals surface area contributed by atoms with Gasteiger partial charge in [0.25, 0.3) is 0 Å². The summed E-state index contributed by atoms with van der Waals surface area (Å²) < 4.78 is 5.28. The number of carbonyl (C=O) groups is 1. The maximum absolute atomic E-state index is 12.6. The van der Waals surface area contributed by atoms with E-state index in [0.717, 1.165) is 57.0 Å². The fourth-order valence-electron chi connectivity index (χ4n) is 3.11. The van der Waals surface area contributed by atoms with E-state index in [-0.39, 0.29) is 30.7 Å². The van der Waals surface area contributed by atoms with Crippen LogP contribution in [0.2, 0.25) is 0 Å². The van der Waals surface area contributed by atoms with Crippen molar-refractivity contribution in [3.63, 3.8) is 0 Å². The van der Waals surface area contributed by atoms with E-state index in [0.29, 0.717) is 6.54 Å². The quantitative estimate of drug-likeness (QED) is 0.890. The Bertz CT molecular complexity index is 522. The van der Waals surface area contributed by atoms with Crippen LogP contribution in [0.25, 0.3) is 0 Å². The number of anilines is 1. The molecule has 0 spiro atoms. The maximum atomic E-state index is 12.6. The SMILES string of the molecule is COc1ccc2c(c1)CCCN2C(=O)CN1CCNCC1.Cl.Cl. The summed E-state index contributed by atoms with van der Waals surface area (Å²) in [7, 11) is 1.68. The van der Waals surface area contributed by atoms with E-state index in [1.165, 1.54) is 5.56 Å². The highest BCUT2D eigenvalue weighted by molar-refractivity contribution is 5.96. The van der Waals surface area contributed by atoms with E-state index >= 15 is 0 Å². The lowest BCUT2D eigenvalue weighted by Crippen LogP contribution is -2.49. The molecule has 1 N–H and O–H groups in total. The Labute approximate surface area is 150 Å². The number of hydrogen-bond acceptors (Lipinski definition) is 4. The minimum absolute atomic E-state index is 0. The maximum Gasteiger partial charge on any atom is 0.241 e. The lowest BCUT2D eigenvalue weighted by Gasteiger charge is -2.33. The van der Waals surface area contributed by atoms with E-state index < -0.39 is 0 Å². The standard InChI is InChI=1S/C16H23N3O2.2ClH/c1-21-14-4-5-15-13(11-14)3-2-8-19(15)16(20)12-18-9-6-17-7-10-18;;/h4-5,11,17H,2-3,6-10,12H2,1H3;2*1H. The third kappa shape index (κ3) is 4.73. The third-order valence-corrected chi connectivity index (χ3v) is 4.27. The highest BCUT2D eigenvalue weighted by atomic mass is 35.5. The molecule has 0 saturated carbocycles. The predicted molar refractivity (Wildman–Crippen MR) is 97.5 cm³/mol. The van der Waals surface area contributed by atoms with E-state index in [9.17, 15) is 4.79 Å². The van der Waals surface area contributed by atoms with Gasteiger partial charge in [0.05, 0.1) is 13.7 Å². The van der Waals surface area contributed by atoms with Gasteiger partial charge >= 0.3 is 0 Å². The van der Waals surface area contributed by atoms with Gasteiger partial charge in [0, 0.05) is 38.4 Å². The average Bonchev–Trinajstić information content (AvgIpc) is 2.54. The Hall–Kier alpha value is -1.01. The number of amides is 1. The van der Waals surface area contributed by atoms with E-state index in [1.807, 2.05) is 17.0 Å². The van der Waals surface area contributed by atoms with Crippen LogP contribution in [0.5, 0.6) is 5.75 Å². The molecule has 1 aromatic carbocycles. The number of methoxy groups -OCH3 is 1. The summed E-state index contributed by atoms with van der Waals surface area (Å²) in [4.78, 5) is 16.8. The molecule has 1 fully saturated rings. The highest BCUT2D eigenvalue weighted by Crippen LogP contribution is 2.30. The molecule has 0 unspecified atom stereocenters. The fraction of sp³-hybridized carbons (Fsp3) is 0.562. The number of nitrogens with zero attached hydrogens (tertiary/aromatic N) is 2. The van der Waals surface area contributed by atoms with Crippen LogP contribution in [0.4, 0.5) is 5.69 Å². The van der Waals surface area contributed by atoms with E-state index in [4.69, 9.17) is 4.74 Å². The molecule has 7 heteroatoms. The number of carbonyl (C=O) groups excluding carboxylic acids is 1. The minimum atomic E-state index is 0. The zero-order valence-corrected chi connectivity index (χ0v) is 15.0. The summed E-state index contributed by atoms with van der Waals surface area (Å²) in [6, 6.07) is 6.01. The number of hydrogen-bond donors (Lipinski definition) is 1. The molecule has 3 rings (SSSR count). The first-order valence-corrected chi connectivity index (χ1v) is 7.68. The second-order valence-electron chi connectivity index (χ2n) is 5.67. The third-order valence-electron chi connectivity index (χ3n) is 4.27. The van der Waals surface area contributed by atoms with Crippen LogP contribution < -0.4 is 15.0 Å². The van der Waals surface area contributed by atoms with Crippen molar-refractivity contribution >= 4 is 36.4 Å².